The molecule has 2 aromatic carbocycles. The van der Waals surface area contributed by atoms with Crippen LogP contribution in [0, 0.1) is 0 Å². The van der Waals surface area contributed by atoms with Crippen molar-refractivity contribution in [2.24, 2.45) is 0 Å². The second-order valence-electron chi connectivity index (χ2n) is 8.80. The zero-order chi connectivity index (χ0) is 26.6. The van der Waals surface area contributed by atoms with Gasteiger partial charge in [-0.05, 0) is 81.6 Å². The highest BCUT2D eigenvalue weighted by atomic mass is 19.4. The molecule has 0 spiro atoms. The van der Waals surface area contributed by atoms with Crippen molar-refractivity contribution in [3.63, 3.8) is 0 Å². The quantitative estimate of drug-likeness (QED) is 0.321. The minimum absolute atomic E-state index is 0.00951. The summed E-state index contributed by atoms with van der Waals surface area (Å²) in [5.41, 5.74) is 0.874. The van der Waals surface area contributed by atoms with Crippen molar-refractivity contribution in [3.8, 4) is 17.2 Å². The molecule has 10 heteroatoms. The van der Waals surface area contributed by atoms with Crippen molar-refractivity contribution >= 4 is 11.6 Å². The lowest BCUT2D eigenvalue weighted by atomic mass is 10.2. The van der Waals surface area contributed by atoms with Crippen molar-refractivity contribution in [1.82, 2.24) is 9.78 Å². The zero-order valence-electron chi connectivity index (χ0n) is 21.0. The largest absolute Gasteiger partial charge is 0.490 e. The molecule has 0 radical (unpaired) electrons. The fourth-order valence-corrected chi connectivity index (χ4v) is 3.89. The van der Waals surface area contributed by atoms with Gasteiger partial charge in [0.15, 0.2) is 17.2 Å². The monoisotopic (exact) mass is 517 g/mol. The van der Waals surface area contributed by atoms with Crippen LogP contribution >= 0.6 is 0 Å². The first-order chi connectivity index (χ1) is 17.7. The Labute approximate surface area is 213 Å². The van der Waals surface area contributed by atoms with Crippen molar-refractivity contribution in [3.05, 3.63) is 65.5 Å². The van der Waals surface area contributed by atoms with Crippen LogP contribution in [-0.4, -0.2) is 28.9 Å². The minimum atomic E-state index is -4.56. The van der Waals surface area contributed by atoms with Gasteiger partial charge >= 0.3 is 6.18 Å². The standard InChI is InChI=1S/C27H30F3N3O4/c1-4-35-23-13-6-18(14-24(23)36-5-2)16-37-21-11-9-20(10-12-21)31-26(34)17(3)33-22(19-7-8-19)15-25(32-33)27(28,29)30/h6,9-15,17,19H,4-5,7-8,16H2,1-3H3,(H,31,34). The maximum atomic E-state index is 13.2. The summed E-state index contributed by atoms with van der Waals surface area (Å²) in [6, 6.07) is 12.5. The van der Waals surface area contributed by atoms with Gasteiger partial charge in [0.25, 0.3) is 0 Å². The van der Waals surface area contributed by atoms with Crippen LogP contribution in [0.3, 0.4) is 0 Å². The molecular weight excluding hydrogens is 487 g/mol. The SMILES string of the molecule is CCOc1ccc(COc2ccc(NC(=O)C(C)n3nc(C(F)(F)F)cc3C3CC3)cc2)cc1OCC. The Morgan fingerprint density at radius 2 is 1.70 bits per heavy atom. The minimum Gasteiger partial charge on any atom is -0.490 e. The van der Waals surface area contributed by atoms with Gasteiger partial charge < -0.3 is 19.5 Å². The Morgan fingerprint density at radius 1 is 1.03 bits per heavy atom. The van der Waals surface area contributed by atoms with E-state index in [0.29, 0.717) is 48.5 Å². The van der Waals surface area contributed by atoms with Gasteiger partial charge in [-0.2, -0.15) is 18.3 Å². The van der Waals surface area contributed by atoms with E-state index >= 15 is 0 Å². The van der Waals surface area contributed by atoms with Crippen molar-refractivity contribution in [2.45, 2.75) is 58.4 Å². The predicted molar refractivity (Wildman–Crippen MR) is 132 cm³/mol. The molecule has 1 aliphatic rings. The lowest BCUT2D eigenvalue weighted by Gasteiger charge is -2.16. The topological polar surface area (TPSA) is 74.6 Å². The Hall–Kier alpha value is -3.69. The molecule has 1 amide bonds. The number of anilines is 1. The van der Waals surface area contributed by atoms with Crippen molar-refractivity contribution < 1.29 is 32.2 Å². The van der Waals surface area contributed by atoms with Crippen LogP contribution in [0.1, 0.15) is 62.5 Å². The summed E-state index contributed by atoms with van der Waals surface area (Å²) < 4.78 is 57.8. The highest BCUT2D eigenvalue weighted by molar-refractivity contribution is 5.93. The molecule has 1 fully saturated rings. The summed E-state index contributed by atoms with van der Waals surface area (Å²) in [4.78, 5) is 12.8. The maximum Gasteiger partial charge on any atom is 0.435 e. The van der Waals surface area contributed by atoms with Crippen LogP contribution in [-0.2, 0) is 17.6 Å². The van der Waals surface area contributed by atoms with E-state index in [2.05, 4.69) is 10.4 Å². The molecular formula is C27H30F3N3O4. The Bertz CT molecular complexity index is 1220. The molecule has 7 nitrogen and oxygen atoms in total. The van der Waals surface area contributed by atoms with Crippen LogP contribution in [0.15, 0.2) is 48.5 Å². The van der Waals surface area contributed by atoms with Gasteiger partial charge in [0, 0.05) is 17.3 Å². The van der Waals surface area contributed by atoms with Gasteiger partial charge in [0.2, 0.25) is 5.91 Å². The number of hydrogen-bond donors (Lipinski definition) is 1. The number of rotatable bonds is 11. The third kappa shape index (κ3) is 6.55. The Balaban J connectivity index is 1.37. The summed E-state index contributed by atoms with van der Waals surface area (Å²) in [6.07, 6.45) is -2.97. The number of alkyl halides is 3. The van der Waals surface area contributed by atoms with E-state index < -0.39 is 23.8 Å². The van der Waals surface area contributed by atoms with Crippen LogP contribution in [0.2, 0.25) is 0 Å². The van der Waals surface area contributed by atoms with E-state index in [-0.39, 0.29) is 5.92 Å². The number of benzene rings is 2. The molecule has 4 rings (SSSR count). The second-order valence-corrected chi connectivity index (χ2v) is 8.80. The third-order valence-electron chi connectivity index (χ3n) is 5.93. The molecule has 198 valence electrons. The molecule has 1 N–H and O–H groups in total. The summed E-state index contributed by atoms with van der Waals surface area (Å²) in [7, 11) is 0. The maximum absolute atomic E-state index is 13.2. The first-order valence-corrected chi connectivity index (χ1v) is 12.3. The number of carbonyl (C=O) groups excluding carboxylic acids is 1. The number of carbonyl (C=O) groups is 1. The van der Waals surface area contributed by atoms with Gasteiger partial charge in [-0.3, -0.25) is 9.48 Å². The molecule has 1 heterocycles. The van der Waals surface area contributed by atoms with Gasteiger partial charge in [0.1, 0.15) is 18.4 Å². The van der Waals surface area contributed by atoms with Gasteiger partial charge in [0.05, 0.1) is 13.2 Å². The number of nitrogens with one attached hydrogen (secondary N) is 1. The van der Waals surface area contributed by atoms with E-state index in [0.717, 1.165) is 24.5 Å². The molecule has 1 unspecified atom stereocenters. The molecule has 1 aromatic heterocycles. The van der Waals surface area contributed by atoms with Crippen molar-refractivity contribution in [1.29, 1.82) is 0 Å². The first-order valence-electron chi connectivity index (χ1n) is 12.3. The van der Waals surface area contributed by atoms with Crippen LogP contribution < -0.4 is 19.5 Å². The molecule has 1 saturated carbocycles. The van der Waals surface area contributed by atoms with E-state index in [9.17, 15) is 18.0 Å². The first kappa shape index (κ1) is 26.4. The Morgan fingerprint density at radius 3 is 2.32 bits per heavy atom. The summed E-state index contributed by atoms with van der Waals surface area (Å²) >= 11 is 0. The number of nitrogens with zero attached hydrogens (tertiary/aromatic N) is 2. The molecule has 0 aliphatic heterocycles. The second kappa shape index (κ2) is 11.1. The van der Waals surface area contributed by atoms with Crippen LogP contribution in [0.5, 0.6) is 17.2 Å². The lowest BCUT2D eigenvalue weighted by Crippen LogP contribution is -2.26. The van der Waals surface area contributed by atoms with Gasteiger partial charge in [-0.1, -0.05) is 6.07 Å². The normalized spacial score (nSPS) is 14.2. The molecule has 0 saturated heterocycles. The number of ether oxygens (including phenoxy) is 3. The number of hydrogen-bond acceptors (Lipinski definition) is 5. The molecule has 1 atom stereocenters. The predicted octanol–water partition coefficient (Wildman–Crippen LogP) is 6.36. The zero-order valence-corrected chi connectivity index (χ0v) is 21.0. The number of halogens is 3. The molecule has 0 bridgehead atoms. The highest BCUT2D eigenvalue weighted by Gasteiger charge is 2.39. The van der Waals surface area contributed by atoms with E-state index in [1.807, 2.05) is 32.0 Å². The average molecular weight is 518 g/mol. The van der Waals surface area contributed by atoms with Gasteiger partial charge in [-0.15, -0.1) is 0 Å². The summed E-state index contributed by atoms with van der Waals surface area (Å²) in [6.45, 7) is 6.71. The third-order valence-corrected chi connectivity index (χ3v) is 5.93. The molecule has 3 aromatic rings. The lowest BCUT2D eigenvalue weighted by molar-refractivity contribution is -0.141. The van der Waals surface area contributed by atoms with E-state index in [1.54, 1.807) is 31.2 Å². The van der Waals surface area contributed by atoms with E-state index in [4.69, 9.17) is 14.2 Å². The van der Waals surface area contributed by atoms with Crippen LogP contribution in [0.25, 0.3) is 0 Å². The number of amides is 1. The summed E-state index contributed by atoms with van der Waals surface area (Å²) in [5.74, 6) is 1.48. The van der Waals surface area contributed by atoms with Crippen molar-refractivity contribution in [2.75, 3.05) is 18.5 Å². The molecule has 1 aliphatic carbocycles. The fraction of sp³-hybridized carbons (Fsp3) is 0.407. The highest BCUT2D eigenvalue weighted by Crippen LogP contribution is 2.43. The average Bonchev–Trinajstić information content (AvgIpc) is 3.61. The summed E-state index contributed by atoms with van der Waals surface area (Å²) in [5, 5.41) is 6.45. The molecule has 37 heavy (non-hydrogen) atoms. The number of aromatic nitrogens is 2. The Kier molecular flexibility index (Phi) is 7.94. The van der Waals surface area contributed by atoms with Gasteiger partial charge in [-0.25, -0.2) is 0 Å². The van der Waals surface area contributed by atoms with E-state index in [1.165, 1.54) is 4.68 Å². The van der Waals surface area contributed by atoms with Crippen LogP contribution in [0.4, 0.5) is 18.9 Å². The fourth-order valence-electron chi connectivity index (χ4n) is 3.89. The smallest absolute Gasteiger partial charge is 0.435 e.